The summed E-state index contributed by atoms with van der Waals surface area (Å²) in [4.78, 5) is 4.71. The number of hydrogen-bond donors (Lipinski definition) is 1. The first kappa shape index (κ1) is 13.1. The van der Waals surface area contributed by atoms with E-state index in [2.05, 4.69) is 61.6 Å². The maximum atomic E-state index is 4.71. The Labute approximate surface area is 123 Å². The number of fused-ring (bicyclic) bond motifs is 1. The van der Waals surface area contributed by atoms with Crippen LogP contribution in [0.5, 0.6) is 0 Å². The minimum Gasteiger partial charge on any atom is -0.384 e. The molecule has 0 bridgehead atoms. The summed E-state index contributed by atoms with van der Waals surface area (Å²) in [5.74, 6) is 0. The van der Waals surface area contributed by atoms with Crippen molar-refractivity contribution >= 4 is 27.2 Å². The average molecular weight is 282 g/mol. The second kappa shape index (κ2) is 5.63. The van der Waals surface area contributed by atoms with Gasteiger partial charge in [-0.05, 0) is 43.2 Å². The van der Waals surface area contributed by atoms with E-state index in [0.29, 0.717) is 0 Å². The number of anilines is 1. The maximum absolute atomic E-state index is 4.71. The maximum Gasteiger partial charge on any atom is 0.0956 e. The molecule has 0 aliphatic rings. The largest absolute Gasteiger partial charge is 0.384 e. The Balaban J connectivity index is 1.67. The molecule has 0 saturated heterocycles. The second-order valence-corrected chi connectivity index (χ2v) is 6.19. The first-order valence-electron chi connectivity index (χ1n) is 6.88. The van der Waals surface area contributed by atoms with Gasteiger partial charge in [0.25, 0.3) is 0 Å². The third kappa shape index (κ3) is 2.83. The van der Waals surface area contributed by atoms with Crippen molar-refractivity contribution in [3.8, 4) is 0 Å². The molecule has 0 saturated carbocycles. The van der Waals surface area contributed by atoms with Gasteiger partial charge in [-0.15, -0.1) is 11.3 Å². The molecule has 3 heteroatoms. The molecule has 1 heterocycles. The molecule has 0 amide bonds. The van der Waals surface area contributed by atoms with Gasteiger partial charge in [0.2, 0.25) is 0 Å². The highest BCUT2D eigenvalue weighted by molar-refractivity contribution is 7.18. The molecule has 1 N–H and O–H groups in total. The minimum atomic E-state index is 0.920. The van der Waals surface area contributed by atoms with E-state index in [1.807, 2.05) is 0 Å². The van der Waals surface area contributed by atoms with Crippen molar-refractivity contribution in [2.24, 2.45) is 0 Å². The Morgan fingerprint density at radius 3 is 2.80 bits per heavy atom. The molecule has 3 aromatic rings. The van der Waals surface area contributed by atoms with Crippen LogP contribution >= 0.6 is 11.3 Å². The molecular formula is C17H18N2S. The number of benzene rings is 2. The van der Waals surface area contributed by atoms with Crippen LogP contribution in [0, 0.1) is 13.8 Å². The summed E-state index contributed by atoms with van der Waals surface area (Å²) >= 11 is 1.79. The molecule has 0 radical (unpaired) electrons. The van der Waals surface area contributed by atoms with E-state index in [4.69, 9.17) is 4.98 Å². The predicted octanol–water partition coefficient (Wildman–Crippen LogP) is 4.57. The van der Waals surface area contributed by atoms with Gasteiger partial charge in [0.1, 0.15) is 0 Å². The molecule has 0 spiro atoms. The highest BCUT2D eigenvalue weighted by atomic mass is 32.1. The van der Waals surface area contributed by atoms with Gasteiger partial charge in [0, 0.05) is 18.7 Å². The fourth-order valence-corrected chi connectivity index (χ4v) is 3.21. The number of aromatic nitrogens is 1. The van der Waals surface area contributed by atoms with Gasteiger partial charge in [-0.2, -0.15) is 0 Å². The predicted molar refractivity (Wildman–Crippen MR) is 87.7 cm³/mol. The van der Waals surface area contributed by atoms with Crippen molar-refractivity contribution in [2.45, 2.75) is 20.3 Å². The van der Waals surface area contributed by atoms with Gasteiger partial charge in [-0.3, -0.25) is 0 Å². The standard InChI is InChI=1S/C17H18N2S/c1-12-7-8-16-15(11-12)19-17(20-16)9-10-18-14-6-4-3-5-13(14)2/h3-8,11,18H,9-10H2,1-2H3. The lowest BCUT2D eigenvalue weighted by molar-refractivity contribution is 1.00. The van der Waals surface area contributed by atoms with Crippen LogP contribution in [0.15, 0.2) is 42.5 Å². The van der Waals surface area contributed by atoms with Crippen LogP contribution in [0.4, 0.5) is 5.69 Å². The van der Waals surface area contributed by atoms with E-state index < -0.39 is 0 Å². The topological polar surface area (TPSA) is 24.9 Å². The van der Waals surface area contributed by atoms with E-state index in [-0.39, 0.29) is 0 Å². The highest BCUT2D eigenvalue weighted by Gasteiger charge is 2.04. The first-order valence-corrected chi connectivity index (χ1v) is 7.69. The zero-order chi connectivity index (χ0) is 13.9. The normalized spacial score (nSPS) is 10.9. The number of hydrogen-bond acceptors (Lipinski definition) is 3. The molecular weight excluding hydrogens is 264 g/mol. The lowest BCUT2D eigenvalue weighted by atomic mass is 10.2. The van der Waals surface area contributed by atoms with Crippen molar-refractivity contribution in [1.29, 1.82) is 0 Å². The molecule has 102 valence electrons. The SMILES string of the molecule is Cc1ccc2sc(CCNc3ccccc3C)nc2c1. The summed E-state index contributed by atoms with van der Waals surface area (Å²) in [6.07, 6.45) is 0.965. The molecule has 2 nitrogen and oxygen atoms in total. The Hall–Kier alpha value is -1.87. The summed E-state index contributed by atoms with van der Waals surface area (Å²) in [7, 11) is 0. The van der Waals surface area contributed by atoms with Crippen LogP contribution < -0.4 is 5.32 Å². The molecule has 3 rings (SSSR count). The van der Waals surface area contributed by atoms with Crippen LogP contribution in [0.3, 0.4) is 0 Å². The fourth-order valence-electron chi connectivity index (χ4n) is 2.27. The molecule has 0 fully saturated rings. The number of para-hydroxylation sites is 1. The first-order chi connectivity index (χ1) is 9.72. The van der Waals surface area contributed by atoms with Gasteiger partial charge < -0.3 is 5.32 Å². The quantitative estimate of drug-likeness (QED) is 0.758. The van der Waals surface area contributed by atoms with Gasteiger partial charge >= 0.3 is 0 Å². The van der Waals surface area contributed by atoms with Crippen molar-refractivity contribution < 1.29 is 0 Å². The molecule has 2 aromatic carbocycles. The number of nitrogens with zero attached hydrogens (tertiary/aromatic N) is 1. The van der Waals surface area contributed by atoms with Crippen molar-refractivity contribution in [2.75, 3.05) is 11.9 Å². The highest BCUT2D eigenvalue weighted by Crippen LogP contribution is 2.23. The van der Waals surface area contributed by atoms with Crippen molar-refractivity contribution in [1.82, 2.24) is 4.98 Å². The molecule has 0 atom stereocenters. The number of rotatable bonds is 4. The van der Waals surface area contributed by atoms with Gasteiger partial charge in [0.05, 0.1) is 15.2 Å². The Morgan fingerprint density at radius 2 is 1.95 bits per heavy atom. The van der Waals surface area contributed by atoms with Gasteiger partial charge in [-0.1, -0.05) is 24.3 Å². The average Bonchev–Trinajstić information content (AvgIpc) is 2.83. The van der Waals surface area contributed by atoms with Crippen LogP contribution in [0.1, 0.15) is 16.1 Å². The molecule has 20 heavy (non-hydrogen) atoms. The van der Waals surface area contributed by atoms with Crippen molar-refractivity contribution in [3.05, 3.63) is 58.6 Å². The van der Waals surface area contributed by atoms with Crippen LogP contribution in [0.2, 0.25) is 0 Å². The Bertz CT molecular complexity index is 731. The zero-order valence-electron chi connectivity index (χ0n) is 11.8. The molecule has 0 unspecified atom stereocenters. The van der Waals surface area contributed by atoms with Gasteiger partial charge in [-0.25, -0.2) is 4.98 Å². The zero-order valence-corrected chi connectivity index (χ0v) is 12.6. The van der Waals surface area contributed by atoms with E-state index >= 15 is 0 Å². The van der Waals surface area contributed by atoms with E-state index in [9.17, 15) is 0 Å². The van der Waals surface area contributed by atoms with Gasteiger partial charge in [0.15, 0.2) is 0 Å². The van der Waals surface area contributed by atoms with E-state index in [1.54, 1.807) is 11.3 Å². The lowest BCUT2D eigenvalue weighted by Gasteiger charge is -2.07. The Morgan fingerprint density at radius 1 is 1.10 bits per heavy atom. The monoisotopic (exact) mass is 282 g/mol. The molecule has 0 aliphatic carbocycles. The summed E-state index contributed by atoms with van der Waals surface area (Å²) in [6, 6.07) is 14.9. The number of nitrogens with one attached hydrogen (secondary N) is 1. The summed E-state index contributed by atoms with van der Waals surface area (Å²) in [5, 5.41) is 4.68. The number of aryl methyl sites for hydroxylation is 2. The van der Waals surface area contributed by atoms with E-state index in [1.165, 1.54) is 26.5 Å². The minimum absolute atomic E-state index is 0.920. The molecule has 1 aromatic heterocycles. The van der Waals surface area contributed by atoms with Crippen molar-refractivity contribution in [3.63, 3.8) is 0 Å². The summed E-state index contributed by atoms with van der Waals surface area (Å²) < 4.78 is 1.28. The summed E-state index contributed by atoms with van der Waals surface area (Å²) in [5.41, 5.74) is 4.89. The van der Waals surface area contributed by atoms with E-state index in [0.717, 1.165) is 18.5 Å². The number of thiazole rings is 1. The van der Waals surface area contributed by atoms with Crippen LogP contribution in [0.25, 0.3) is 10.2 Å². The second-order valence-electron chi connectivity index (χ2n) is 5.07. The van der Waals surface area contributed by atoms with Crippen LogP contribution in [-0.2, 0) is 6.42 Å². The van der Waals surface area contributed by atoms with Crippen LogP contribution in [-0.4, -0.2) is 11.5 Å². The Kier molecular flexibility index (Phi) is 3.70. The smallest absolute Gasteiger partial charge is 0.0956 e. The lowest BCUT2D eigenvalue weighted by Crippen LogP contribution is -2.05. The fraction of sp³-hybridized carbons (Fsp3) is 0.235. The third-order valence-corrected chi connectivity index (χ3v) is 4.48. The summed E-state index contributed by atoms with van der Waals surface area (Å²) in [6.45, 7) is 5.16. The third-order valence-electron chi connectivity index (χ3n) is 3.39. The molecule has 0 aliphatic heterocycles.